The van der Waals surface area contributed by atoms with Gasteiger partial charge in [-0.25, -0.2) is 4.68 Å². The van der Waals surface area contributed by atoms with Gasteiger partial charge in [0.05, 0.1) is 11.9 Å². The minimum atomic E-state index is 0.559. The molecule has 0 unspecified atom stereocenters. The summed E-state index contributed by atoms with van der Waals surface area (Å²) in [5, 5.41) is 11.4. The number of aliphatic imine (C=N–C) groups is 1. The van der Waals surface area contributed by atoms with Crippen LogP contribution in [-0.4, -0.2) is 35.4 Å². The molecule has 0 radical (unpaired) electrons. The molecule has 1 heterocycles. The number of para-hydroxylation sites is 1. The third-order valence-corrected chi connectivity index (χ3v) is 4.94. The summed E-state index contributed by atoms with van der Waals surface area (Å²) in [7, 11) is 1.84. The lowest BCUT2D eigenvalue weighted by molar-refractivity contribution is 0.329. The normalized spacial score (nSPS) is 21.1. The van der Waals surface area contributed by atoms with Gasteiger partial charge >= 0.3 is 0 Å². The lowest BCUT2D eigenvalue weighted by Gasteiger charge is -2.28. The van der Waals surface area contributed by atoms with Crippen LogP contribution in [0.3, 0.4) is 0 Å². The van der Waals surface area contributed by atoms with Crippen molar-refractivity contribution < 1.29 is 0 Å². The SMILES string of the molecule is CN=C(NCCc1cnn(-c2ccccc2)c1)NC1CCC(C)CC1. The van der Waals surface area contributed by atoms with Gasteiger partial charge < -0.3 is 10.6 Å². The predicted molar refractivity (Wildman–Crippen MR) is 103 cm³/mol. The molecule has 1 aliphatic carbocycles. The molecule has 1 saturated carbocycles. The summed E-state index contributed by atoms with van der Waals surface area (Å²) in [6.45, 7) is 3.20. The fraction of sp³-hybridized carbons (Fsp3) is 0.500. The highest BCUT2D eigenvalue weighted by molar-refractivity contribution is 5.79. The highest BCUT2D eigenvalue weighted by atomic mass is 15.3. The fourth-order valence-electron chi connectivity index (χ4n) is 3.33. The van der Waals surface area contributed by atoms with Crippen molar-refractivity contribution in [3.63, 3.8) is 0 Å². The van der Waals surface area contributed by atoms with Crippen molar-refractivity contribution >= 4 is 5.96 Å². The molecule has 2 aromatic rings. The molecule has 1 aliphatic rings. The number of aromatic nitrogens is 2. The maximum Gasteiger partial charge on any atom is 0.191 e. The lowest BCUT2D eigenvalue weighted by atomic mass is 9.87. The summed E-state index contributed by atoms with van der Waals surface area (Å²) in [6.07, 6.45) is 10.1. The van der Waals surface area contributed by atoms with Crippen molar-refractivity contribution in [1.29, 1.82) is 0 Å². The first-order chi connectivity index (χ1) is 12.2. The summed E-state index contributed by atoms with van der Waals surface area (Å²) < 4.78 is 1.92. The second-order valence-corrected chi connectivity index (χ2v) is 6.98. The van der Waals surface area contributed by atoms with Crippen LogP contribution in [0, 0.1) is 5.92 Å². The summed E-state index contributed by atoms with van der Waals surface area (Å²) >= 11 is 0. The minimum absolute atomic E-state index is 0.559. The van der Waals surface area contributed by atoms with Gasteiger partial charge in [-0.3, -0.25) is 4.99 Å². The monoisotopic (exact) mass is 339 g/mol. The predicted octanol–water partition coefficient (Wildman–Crippen LogP) is 3.16. The van der Waals surface area contributed by atoms with Gasteiger partial charge in [0.15, 0.2) is 5.96 Å². The maximum atomic E-state index is 4.45. The zero-order chi connectivity index (χ0) is 17.5. The number of hydrogen-bond donors (Lipinski definition) is 2. The Morgan fingerprint density at radius 2 is 1.96 bits per heavy atom. The molecule has 0 spiro atoms. The van der Waals surface area contributed by atoms with Crippen LogP contribution >= 0.6 is 0 Å². The van der Waals surface area contributed by atoms with Crippen molar-refractivity contribution in [3.8, 4) is 5.69 Å². The standard InChI is InChI=1S/C20H29N5/c1-16-8-10-18(11-9-16)24-20(21-2)22-13-12-17-14-23-25(15-17)19-6-4-3-5-7-19/h3-7,14-16,18H,8-13H2,1-2H3,(H2,21,22,24). The highest BCUT2D eigenvalue weighted by Gasteiger charge is 2.18. The van der Waals surface area contributed by atoms with Gasteiger partial charge in [0.1, 0.15) is 0 Å². The molecule has 5 nitrogen and oxygen atoms in total. The molecule has 2 N–H and O–H groups in total. The number of nitrogens with one attached hydrogen (secondary N) is 2. The molecule has 1 aromatic carbocycles. The Balaban J connectivity index is 1.45. The maximum absolute atomic E-state index is 4.45. The van der Waals surface area contributed by atoms with E-state index in [-0.39, 0.29) is 0 Å². The summed E-state index contributed by atoms with van der Waals surface area (Å²) in [5.41, 5.74) is 2.31. The van der Waals surface area contributed by atoms with Crippen LogP contribution in [0.1, 0.15) is 38.2 Å². The Hall–Kier alpha value is -2.30. The molecule has 134 valence electrons. The van der Waals surface area contributed by atoms with E-state index >= 15 is 0 Å². The molecule has 3 rings (SSSR count). The molecule has 0 aliphatic heterocycles. The largest absolute Gasteiger partial charge is 0.356 e. The first kappa shape index (κ1) is 17.5. The van der Waals surface area contributed by atoms with Crippen LogP contribution in [-0.2, 0) is 6.42 Å². The third-order valence-electron chi connectivity index (χ3n) is 4.94. The molecule has 1 fully saturated rings. The molecule has 25 heavy (non-hydrogen) atoms. The Bertz CT molecular complexity index is 668. The van der Waals surface area contributed by atoms with Crippen molar-refractivity contribution in [2.75, 3.05) is 13.6 Å². The van der Waals surface area contributed by atoms with E-state index in [0.29, 0.717) is 6.04 Å². The number of benzene rings is 1. The summed E-state index contributed by atoms with van der Waals surface area (Å²) in [6, 6.07) is 10.8. The van der Waals surface area contributed by atoms with Crippen LogP contribution in [0.4, 0.5) is 0 Å². The molecule has 5 heteroatoms. The van der Waals surface area contributed by atoms with Gasteiger partial charge in [-0.2, -0.15) is 5.10 Å². The van der Waals surface area contributed by atoms with Gasteiger partial charge in [0.25, 0.3) is 0 Å². The first-order valence-corrected chi connectivity index (χ1v) is 9.30. The van der Waals surface area contributed by atoms with E-state index in [9.17, 15) is 0 Å². The Labute approximate surface area is 150 Å². The number of nitrogens with zero attached hydrogens (tertiary/aromatic N) is 3. The van der Waals surface area contributed by atoms with Crippen LogP contribution < -0.4 is 10.6 Å². The zero-order valence-electron chi connectivity index (χ0n) is 15.3. The van der Waals surface area contributed by atoms with Crippen molar-refractivity contribution in [1.82, 2.24) is 20.4 Å². The van der Waals surface area contributed by atoms with E-state index in [2.05, 4.69) is 46.0 Å². The minimum Gasteiger partial charge on any atom is -0.356 e. The molecule has 0 atom stereocenters. The van der Waals surface area contributed by atoms with E-state index in [4.69, 9.17) is 0 Å². The van der Waals surface area contributed by atoms with Gasteiger partial charge in [0, 0.05) is 25.8 Å². The number of guanidine groups is 1. The number of rotatable bonds is 5. The van der Waals surface area contributed by atoms with E-state index in [1.165, 1.54) is 31.2 Å². The lowest BCUT2D eigenvalue weighted by Crippen LogP contribution is -2.45. The molecular weight excluding hydrogens is 310 g/mol. The highest BCUT2D eigenvalue weighted by Crippen LogP contribution is 2.23. The van der Waals surface area contributed by atoms with Crippen molar-refractivity contribution in [2.24, 2.45) is 10.9 Å². The van der Waals surface area contributed by atoms with E-state index in [0.717, 1.165) is 30.5 Å². The van der Waals surface area contributed by atoms with Gasteiger partial charge in [-0.05, 0) is 55.7 Å². The van der Waals surface area contributed by atoms with E-state index < -0.39 is 0 Å². The van der Waals surface area contributed by atoms with Crippen molar-refractivity contribution in [2.45, 2.75) is 45.1 Å². The molecular formula is C20H29N5. The Morgan fingerprint density at radius 1 is 1.20 bits per heavy atom. The van der Waals surface area contributed by atoms with Crippen LogP contribution in [0.25, 0.3) is 5.69 Å². The number of hydrogen-bond acceptors (Lipinski definition) is 2. The first-order valence-electron chi connectivity index (χ1n) is 9.30. The average Bonchev–Trinajstić information content (AvgIpc) is 3.12. The Kier molecular flexibility index (Phi) is 6.09. The van der Waals surface area contributed by atoms with Crippen LogP contribution in [0.5, 0.6) is 0 Å². The van der Waals surface area contributed by atoms with Crippen LogP contribution in [0.2, 0.25) is 0 Å². The summed E-state index contributed by atoms with van der Waals surface area (Å²) in [5.74, 6) is 1.78. The fourth-order valence-corrected chi connectivity index (χ4v) is 3.33. The molecule has 0 bridgehead atoms. The quantitative estimate of drug-likeness (QED) is 0.650. The van der Waals surface area contributed by atoms with Crippen LogP contribution in [0.15, 0.2) is 47.7 Å². The van der Waals surface area contributed by atoms with Gasteiger partial charge in [-0.15, -0.1) is 0 Å². The summed E-state index contributed by atoms with van der Waals surface area (Å²) in [4.78, 5) is 4.36. The zero-order valence-corrected chi connectivity index (χ0v) is 15.3. The second kappa shape index (κ2) is 8.70. The Morgan fingerprint density at radius 3 is 2.68 bits per heavy atom. The second-order valence-electron chi connectivity index (χ2n) is 6.98. The molecule has 0 saturated heterocycles. The smallest absolute Gasteiger partial charge is 0.191 e. The van der Waals surface area contributed by atoms with Crippen molar-refractivity contribution in [3.05, 3.63) is 48.3 Å². The molecule has 0 amide bonds. The van der Waals surface area contributed by atoms with Gasteiger partial charge in [0.2, 0.25) is 0 Å². The van der Waals surface area contributed by atoms with E-state index in [1.54, 1.807) is 0 Å². The van der Waals surface area contributed by atoms with E-state index in [1.807, 2.05) is 36.1 Å². The average molecular weight is 339 g/mol. The topological polar surface area (TPSA) is 54.2 Å². The molecule has 1 aromatic heterocycles. The third kappa shape index (κ3) is 5.08. The van der Waals surface area contributed by atoms with Gasteiger partial charge in [-0.1, -0.05) is 25.1 Å².